The molecule has 17 heavy (non-hydrogen) atoms. The van der Waals surface area contributed by atoms with Crippen LogP contribution in [0.5, 0.6) is 0 Å². The van der Waals surface area contributed by atoms with Crippen molar-refractivity contribution in [2.24, 2.45) is 0 Å². The number of aromatic nitrogens is 2. The van der Waals surface area contributed by atoms with Crippen LogP contribution in [-0.4, -0.2) is 9.97 Å². The lowest BCUT2D eigenvalue weighted by Crippen LogP contribution is -1.92. The van der Waals surface area contributed by atoms with E-state index in [9.17, 15) is 4.79 Å². The van der Waals surface area contributed by atoms with Crippen molar-refractivity contribution in [3.05, 3.63) is 52.8 Å². The van der Waals surface area contributed by atoms with E-state index in [2.05, 4.69) is 9.97 Å². The second kappa shape index (κ2) is 3.59. The Bertz CT molecular complexity index is 740. The van der Waals surface area contributed by atoms with Gasteiger partial charge >= 0.3 is 5.76 Å². The summed E-state index contributed by atoms with van der Waals surface area (Å²) in [5.41, 5.74) is 4.44. The van der Waals surface area contributed by atoms with Crippen LogP contribution in [0.1, 0.15) is 5.56 Å². The monoisotopic (exact) mass is 226 g/mol. The fourth-order valence-electron chi connectivity index (χ4n) is 1.88. The average molecular weight is 226 g/mol. The Morgan fingerprint density at radius 3 is 3.00 bits per heavy atom. The molecule has 0 aliphatic rings. The fraction of sp³-hybridized carbons (Fsp3) is 0.0769. The predicted octanol–water partition coefficient (Wildman–Crippen LogP) is 2.49. The van der Waals surface area contributed by atoms with Crippen molar-refractivity contribution in [1.29, 1.82) is 0 Å². The van der Waals surface area contributed by atoms with E-state index in [0.717, 1.165) is 16.7 Å². The van der Waals surface area contributed by atoms with Gasteiger partial charge in [-0.3, -0.25) is 9.97 Å². The molecule has 0 bridgehead atoms. The van der Waals surface area contributed by atoms with Gasteiger partial charge in [0, 0.05) is 18.0 Å². The van der Waals surface area contributed by atoms with Crippen molar-refractivity contribution in [1.82, 2.24) is 9.97 Å². The molecule has 0 spiro atoms. The minimum absolute atomic E-state index is 0.431. The first kappa shape index (κ1) is 9.84. The largest absolute Gasteiger partial charge is 0.417 e. The summed E-state index contributed by atoms with van der Waals surface area (Å²) < 4.78 is 5.04. The highest BCUT2D eigenvalue weighted by Gasteiger charge is 2.05. The lowest BCUT2D eigenvalue weighted by Gasteiger charge is -2.04. The second-order valence-electron chi connectivity index (χ2n) is 3.92. The number of fused-ring (bicyclic) bond motifs is 1. The summed E-state index contributed by atoms with van der Waals surface area (Å²) in [6.45, 7) is 2.02. The fourth-order valence-corrected chi connectivity index (χ4v) is 1.88. The third-order valence-electron chi connectivity index (χ3n) is 2.77. The van der Waals surface area contributed by atoms with E-state index in [1.165, 1.54) is 0 Å². The van der Waals surface area contributed by atoms with Crippen LogP contribution in [0.25, 0.3) is 22.2 Å². The number of oxazole rings is 1. The summed E-state index contributed by atoms with van der Waals surface area (Å²) in [5, 5.41) is 0. The van der Waals surface area contributed by atoms with Crippen LogP contribution in [0.3, 0.4) is 0 Å². The minimum atomic E-state index is -0.431. The Kier molecular flexibility index (Phi) is 2.08. The summed E-state index contributed by atoms with van der Waals surface area (Å²) in [7, 11) is 0. The average Bonchev–Trinajstić information content (AvgIpc) is 2.68. The molecule has 2 heterocycles. The first-order chi connectivity index (χ1) is 8.24. The molecule has 0 aliphatic carbocycles. The van der Waals surface area contributed by atoms with Crippen LogP contribution in [0.4, 0.5) is 0 Å². The number of aromatic amines is 1. The van der Waals surface area contributed by atoms with Gasteiger partial charge < -0.3 is 4.42 Å². The minimum Gasteiger partial charge on any atom is -0.408 e. The number of rotatable bonds is 1. The van der Waals surface area contributed by atoms with E-state index < -0.39 is 5.76 Å². The molecule has 1 aromatic carbocycles. The third-order valence-corrected chi connectivity index (χ3v) is 2.77. The normalized spacial score (nSPS) is 10.9. The van der Waals surface area contributed by atoms with Crippen molar-refractivity contribution in [3.63, 3.8) is 0 Å². The van der Waals surface area contributed by atoms with E-state index in [1.54, 1.807) is 12.4 Å². The second-order valence-corrected chi connectivity index (χ2v) is 3.92. The van der Waals surface area contributed by atoms with Crippen LogP contribution in [-0.2, 0) is 0 Å². The first-order valence-electron chi connectivity index (χ1n) is 5.28. The maximum atomic E-state index is 11.1. The number of hydrogen-bond acceptors (Lipinski definition) is 3. The summed E-state index contributed by atoms with van der Waals surface area (Å²) >= 11 is 0. The zero-order valence-electron chi connectivity index (χ0n) is 9.23. The molecule has 2 aromatic heterocycles. The lowest BCUT2D eigenvalue weighted by atomic mass is 10.0. The number of aryl methyl sites for hydroxylation is 1. The number of nitrogens with one attached hydrogen (secondary N) is 1. The van der Waals surface area contributed by atoms with Gasteiger partial charge in [-0.1, -0.05) is 6.07 Å². The SMILES string of the molecule is Cc1ccncc1-c1ccc2[nH]c(=O)oc2c1. The Balaban J connectivity index is 2.24. The summed E-state index contributed by atoms with van der Waals surface area (Å²) in [6.07, 6.45) is 3.56. The van der Waals surface area contributed by atoms with Crippen LogP contribution < -0.4 is 5.76 Å². The van der Waals surface area contributed by atoms with Crippen LogP contribution in [0.2, 0.25) is 0 Å². The Morgan fingerprint density at radius 2 is 2.18 bits per heavy atom. The first-order valence-corrected chi connectivity index (χ1v) is 5.28. The Morgan fingerprint density at radius 1 is 1.29 bits per heavy atom. The van der Waals surface area contributed by atoms with Crippen molar-refractivity contribution in [2.75, 3.05) is 0 Å². The number of H-pyrrole nitrogens is 1. The van der Waals surface area contributed by atoms with E-state index in [0.29, 0.717) is 11.1 Å². The molecule has 3 aromatic rings. The van der Waals surface area contributed by atoms with Gasteiger partial charge in [0.2, 0.25) is 0 Å². The van der Waals surface area contributed by atoms with Crippen molar-refractivity contribution >= 4 is 11.1 Å². The van der Waals surface area contributed by atoms with Gasteiger partial charge in [-0.05, 0) is 36.2 Å². The summed E-state index contributed by atoms with van der Waals surface area (Å²) in [6, 6.07) is 7.57. The topological polar surface area (TPSA) is 58.9 Å². The summed E-state index contributed by atoms with van der Waals surface area (Å²) in [5.74, 6) is -0.431. The lowest BCUT2D eigenvalue weighted by molar-refractivity contribution is 0.555. The van der Waals surface area contributed by atoms with Gasteiger partial charge in [0.1, 0.15) is 0 Å². The number of benzene rings is 1. The van der Waals surface area contributed by atoms with Gasteiger partial charge in [0.25, 0.3) is 0 Å². The zero-order chi connectivity index (χ0) is 11.8. The predicted molar refractivity (Wildman–Crippen MR) is 64.8 cm³/mol. The maximum absolute atomic E-state index is 11.1. The van der Waals surface area contributed by atoms with E-state index in [1.807, 2.05) is 31.2 Å². The molecule has 0 radical (unpaired) electrons. The zero-order valence-corrected chi connectivity index (χ0v) is 9.23. The number of hydrogen-bond donors (Lipinski definition) is 1. The molecule has 3 rings (SSSR count). The molecular formula is C13H10N2O2. The highest BCUT2D eigenvalue weighted by atomic mass is 16.4. The molecular weight excluding hydrogens is 216 g/mol. The highest BCUT2D eigenvalue weighted by Crippen LogP contribution is 2.24. The van der Waals surface area contributed by atoms with Gasteiger partial charge in [-0.2, -0.15) is 0 Å². The van der Waals surface area contributed by atoms with Gasteiger partial charge in [0.05, 0.1) is 5.52 Å². The van der Waals surface area contributed by atoms with Gasteiger partial charge in [-0.15, -0.1) is 0 Å². The van der Waals surface area contributed by atoms with E-state index >= 15 is 0 Å². The standard InChI is InChI=1S/C13H10N2O2/c1-8-4-5-14-7-10(8)9-2-3-11-12(6-9)17-13(16)15-11/h2-7H,1H3,(H,15,16). The van der Waals surface area contributed by atoms with Crippen molar-refractivity contribution in [2.45, 2.75) is 6.92 Å². The molecule has 0 amide bonds. The smallest absolute Gasteiger partial charge is 0.408 e. The summed E-state index contributed by atoms with van der Waals surface area (Å²) in [4.78, 5) is 17.8. The van der Waals surface area contributed by atoms with Crippen LogP contribution in [0.15, 0.2) is 45.9 Å². The Labute approximate surface area is 96.9 Å². The quantitative estimate of drug-likeness (QED) is 0.693. The molecule has 0 saturated heterocycles. The Hall–Kier alpha value is -2.36. The maximum Gasteiger partial charge on any atom is 0.417 e. The highest BCUT2D eigenvalue weighted by molar-refractivity contribution is 5.80. The van der Waals surface area contributed by atoms with Crippen LogP contribution >= 0.6 is 0 Å². The molecule has 0 atom stereocenters. The molecule has 84 valence electrons. The molecule has 4 heteroatoms. The number of pyridine rings is 1. The molecule has 0 aliphatic heterocycles. The van der Waals surface area contributed by atoms with Crippen molar-refractivity contribution < 1.29 is 4.42 Å². The van der Waals surface area contributed by atoms with Crippen LogP contribution in [0, 0.1) is 6.92 Å². The molecule has 4 nitrogen and oxygen atoms in total. The van der Waals surface area contributed by atoms with Crippen molar-refractivity contribution in [3.8, 4) is 11.1 Å². The van der Waals surface area contributed by atoms with Gasteiger partial charge in [0.15, 0.2) is 5.58 Å². The molecule has 0 unspecified atom stereocenters. The molecule has 0 fully saturated rings. The van der Waals surface area contributed by atoms with E-state index in [-0.39, 0.29) is 0 Å². The van der Waals surface area contributed by atoms with Gasteiger partial charge in [-0.25, -0.2) is 4.79 Å². The third kappa shape index (κ3) is 1.63. The molecule has 0 saturated carbocycles. The molecule has 1 N–H and O–H groups in total. The number of nitrogens with zero attached hydrogens (tertiary/aromatic N) is 1. The van der Waals surface area contributed by atoms with E-state index in [4.69, 9.17) is 4.42 Å².